The molecule has 1 fully saturated rings. The van der Waals surface area contributed by atoms with Gasteiger partial charge in [0.2, 0.25) is 0 Å². The molecular formula is C12H25N. The molecule has 1 heteroatoms. The van der Waals surface area contributed by atoms with Gasteiger partial charge in [-0.1, -0.05) is 40.7 Å². The van der Waals surface area contributed by atoms with Gasteiger partial charge in [-0.2, -0.15) is 0 Å². The molecule has 0 bridgehead atoms. The summed E-state index contributed by atoms with van der Waals surface area (Å²) in [6, 6.07) is 0. The van der Waals surface area contributed by atoms with E-state index in [1.807, 2.05) is 0 Å². The van der Waals surface area contributed by atoms with Gasteiger partial charge in [0, 0.05) is 5.70 Å². The van der Waals surface area contributed by atoms with E-state index in [-0.39, 0.29) is 0 Å². The predicted octanol–water partition coefficient (Wildman–Crippen LogP) is 3.70. The van der Waals surface area contributed by atoms with Crippen LogP contribution in [0.25, 0.3) is 0 Å². The van der Waals surface area contributed by atoms with E-state index in [0.717, 1.165) is 5.70 Å². The van der Waals surface area contributed by atoms with Crippen LogP contribution in [-0.4, -0.2) is 0 Å². The van der Waals surface area contributed by atoms with Crippen LogP contribution in [0, 0.1) is 11.3 Å². The fourth-order valence-electron chi connectivity index (χ4n) is 1.20. The van der Waals surface area contributed by atoms with Gasteiger partial charge in [-0.25, -0.2) is 0 Å². The van der Waals surface area contributed by atoms with E-state index in [0.29, 0.717) is 11.3 Å². The zero-order chi connectivity index (χ0) is 10.5. The Kier molecular flexibility index (Phi) is 5.12. The lowest BCUT2D eigenvalue weighted by Gasteiger charge is -2.15. The molecule has 0 heterocycles. The monoisotopic (exact) mass is 183 g/mol. The highest BCUT2D eigenvalue weighted by Gasteiger charge is 2.21. The Morgan fingerprint density at radius 3 is 1.85 bits per heavy atom. The number of allylic oxidation sites excluding steroid dienone is 1. The van der Waals surface area contributed by atoms with Crippen molar-refractivity contribution in [3.63, 3.8) is 0 Å². The first-order valence-corrected chi connectivity index (χ1v) is 5.31. The summed E-state index contributed by atoms with van der Waals surface area (Å²) >= 11 is 0. The molecule has 0 atom stereocenters. The zero-order valence-electron chi connectivity index (χ0n) is 9.69. The van der Waals surface area contributed by atoms with Gasteiger partial charge in [-0.3, -0.25) is 0 Å². The molecule has 1 aliphatic carbocycles. The Balaban J connectivity index is 0.000000223. The van der Waals surface area contributed by atoms with Crippen molar-refractivity contribution in [2.24, 2.45) is 17.1 Å². The molecule has 0 radical (unpaired) electrons. The molecule has 0 unspecified atom stereocenters. The Bertz CT molecular complexity index is 149. The molecule has 2 N–H and O–H groups in total. The highest BCUT2D eigenvalue weighted by Crippen LogP contribution is 2.32. The number of nitrogens with two attached hydrogens (primary N) is 1. The summed E-state index contributed by atoms with van der Waals surface area (Å²) < 4.78 is 0. The SMILES string of the molecule is C=C(N)C1CC1.CCCC(C)(C)C. The van der Waals surface area contributed by atoms with Crippen LogP contribution in [0.2, 0.25) is 0 Å². The van der Waals surface area contributed by atoms with E-state index in [1.54, 1.807) is 0 Å². The molecule has 0 aromatic carbocycles. The first-order valence-electron chi connectivity index (χ1n) is 5.31. The number of hydrogen-bond acceptors (Lipinski definition) is 1. The lowest BCUT2D eigenvalue weighted by Crippen LogP contribution is -2.02. The highest BCUT2D eigenvalue weighted by atomic mass is 14.6. The van der Waals surface area contributed by atoms with Gasteiger partial charge in [-0.15, -0.1) is 0 Å². The molecule has 1 nitrogen and oxygen atoms in total. The molecule has 1 saturated carbocycles. The van der Waals surface area contributed by atoms with E-state index < -0.39 is 0 Å². The molecular weight excluding hydrogens is 158 g/mol. The molecule has 0 saturated heterocycles. The second-order valence-corrected chi connectivity index (χ2v) is 5.16. The van der Waals surface area contributed by atoms with Crippen LogP contribution in [-0.2, 0) is 0 Å². The molecule has 0 aromatic rings. The lowest BCUT2D eigenvalue weighted by atomic mass is 9.91. The topological polar surface area (TPSA) is 26.0 Å². The summed E-state index contributed by atoms with van der Waals surface area (Å²) in [5.74, 6) is 0.685. The third kappa shape index (κ3) is 9.45. The summed E-state index contributed by atoms with van der Waals surface area (Å²) in [4.78, 5) is 0. The summed E-state index contributed by atoms with van der Waals surface area (Å²) in [7, 11) is 0. The predicted molar refractivity (Wildman–Crippen MR) is 60.4 cm³/mol. The maximum Gasteiger partial charge on any atom is 0.00390 e. The smallest absolute Gasteiger partial charge is 0.00390 e. The number of rotatable bonds is 2. The zero-order valence-corrected chi connectivity index (χ0v) is 9.69. The van der Waals surface area contributed by atoms with Crippen molar-refractivity contribution >= 4 is 0 Å². The van der Waals surface area contributed by atoms with Crippen LogP contribution in [0.5, 0.6) is 0 Å². The van der Waals surface area contributed by atoms with E-state index in [4.69, 9.17) is 5.73 Å². The molecule has 1 rings (SSSR count). The normalized spacial score (nSPS) is 16.0. The fourth-order valence-corrected chi connectivity index (χ4v) is 1.20. The van der Waals surface area contributed by atoms with Gasteiger partial charge in [0.05, 0.1) is 0 Å². The molecule has 0 amide bonds. The van der Waals surface area contributed by atoms with Crippen molar-refractivity contribution in [1.29, 1.82) is 0 Å². The van der Waals surface area contributed by atoms with Gasteiger partial charge < -0.3 is 5.73 Å². The largest absolute Gasteiger partial charge is 0.402 e. The average Bonchev–Trinajstić information content (AvgIpc) is 2.64. The summed E-state index contributed by atoms with van der Waals surface area (Å²) in [6.07, 6.45) is 5.20. The Morgan fingerprint density at radius 2 is 1.85 bits per heavy atom. The third-order valence-corrected chi connectivity index (χ3v) is 2.10. The van der Waals surface area contributed by atoms with Gasteiger partial charge in [-0.05, 0) is 30.6 Å². The molecule has 0 aromatic heterocycles. The van der Waals surface area contributed by atoms with Crippen molar-refractivity contribution in [2.45, 2.75) is 53.4 Å². The van der Waals surface area contributed by atoms with E-state index >= 15 is 0 Å². The minimum atomic E-state index is 0.550. The van der Waals surface area contributed by atoms with Crippen molar-refractivity contribution in [2.75, 3.05) is 0 Å². The van der Waals surface area contributed by atoms with Crippen LogP contribution < -0.4 is 5.73 Å². The summed E-state index contributed by atoms with van der Waals surface area (Å²) in [5.41, 5.74) is 6.72. The van der Waals surface area contributed by atoms with Crippen LogP contribution in [0.4, 0.5) is 0 Å². The van der Waals surface area contributed by atoms with Gasteiger partial charge in [0.1, 0.15) is 0 Å². The molecule has 13 heavy (non-hydrogen) atoms. The van der Waals surface area contributed by atoms with Gasteiger partial charge >= 0.3 is 0 Å². The van der Waals surface area contributed by atoms with Crippen molar-refractivity contribution in [3.8, 4) is 0 Å². The standard InChI is InChI=1S/C7H16.C5H9N/c1-5-6-7(2,3)4;1-4(6)5-2-3-5/h5-6H2,1-4H3;5H,1-3,6H2. The quantitative estimate of drug-likeness (QED) is 0.694. The van der Waals surface area contributed by atoms with E-state index in [2.05, 4.69) is 34.3 Å². The van der Waals surface area contributed by atoms with Crippen LogP contribution >= 0.6 is 0 Å². The molecule has 1 aliphatic rings. The van der Waals surface area contributed by atoms with Crippen molar-refractivity contribution < 1.29 is 0 Å². The minimum absolute atomic E-state index is 0.550. The lowest BCUT2D eigenvalue weighted by molar-refractivity contribution is 0.373. The minimum Gasteiger partial charge on any atom is -0.402 e. The maximum absolute atomic E-state index is 5.30. The van der Waals surface area contributed by atoms with Crippen LogP contribution in [0.15, 0.2) is 12.3 Å². The van der Waals surface area contributed by atoms with Gasteiger partial charge in [0.25, 0.3) is 0 Å². The highest BCUT2D eigenvalue weighted by molar-refractivity contribution is 5.01. The Labute approximate surface area is 83.4 Å². The molecule has 78 valence electrons. The Hall–Kier alpha value is -0.460. The average molecular weight is 183 g/mol. The Morgan fingerprint density at radius 1 is 1.38 bits per heavy atom. The van der Waals surface area contributed by atoms with E-state index in [1.165, 1.54) is 25.7 Å². The third-order valence-electron chi connectivity index (χ3n) is 2.10. The molecule has 0 aliphatic heterocycles. The summed E-state index contributed by atoms with van der Waals surface area (Å²) in [6.45, 7) is 12.6. The van der Waals surface area contributed by atoms with Crippen LogP contribution in [0.3, 0.4) is 0 Å². The van der Waals surface area contributed by atoms with Gasteiger partial charge in [0.15, 0.2) is 0 Å². The second-order valence-electron chi connectivity index (χ2n) is 5.16. The maximum atomic E-state index is 5.30. The van der Waals surface area contributed by atoms with Crippen LogP contribution in [0.1, 0.15) is 53.4 Å². The fraction of sp³-hybridized carbons (Fsp3) is 0.833. The summed E-state index contributed by atoms with van der Waals surface area (Å²) in [5, 5.41) is 0. The second kappa shape index (κ2) is 5.31. The van der Waals surface area contributed by atoms with Crippen molar-refractivity contribution in [1.82, 2.24) is 0 Å². The number of hydrogen-bond donors (Lipinski definition) is 1. The first-order chi connectivity index (χ1) is 5.87. The first kappa shape index (κ1) is 12.5. The van der Waals surface area contributed by atoms with E-state index in [9.17, 15) is 0 Å². The van der Waals surface area contributed by atoms with Crippen molar-refractivity contribution in [3.05, 3.63) is 12.3 Å². The molecule has 0 spiro atoms.